The first-order valence-corrected chi connectivity index (χ1v) is 2.31. The first-order valence-electron chi connectivity index (χ1n) is 2.31. The van der Waals surface area contributed by atoms with Gasteiger partial charge in [-0.25, -0.2) is 5.43 Å². The standard InChI is InChI=1S/C4H6N2O2/c1-2-3(7)4(8)6-5-2/h2,5H,1H3,(H,6,8). The molecule has 1 aliphatic rings. The molecule has 1 atom stereocenters. The van der Waals surface area contributed by atoms with Gasteiger partial charge in [0.2, 0.25) is 5.78 Å². The number of hydrogen-bond donors (Lipinski definition) is 2. The summed E-state index contributed by atoms with van der Waals surface area (Å²) in [5, 5.41) is 0. The van der Waals surface area contributed by atoms with Crippen molar-refractivity contribution >= 4 is 11.7 Å². The molecule has 0 spiro atoms. The van der Waals surface area contributed by atoms with Gasteiger partial charge < -0.3 is 0 Å². The molecule has 0 aromatic rings. The van der Waals surface area contributed by atoms with Gasteiger partial charge in [-0.2, -0.15) is 0 Å². The van der Waals surface area contributed by atoms with Crippen LogP contribution in [0.1, 0.15) is 6.92 Å². The Labute approximate surface area is 46.2 Å². The Balaban J connectivity index is 2.71. The Morgan fingerprint density at radius 3 is 2.25 bits per heavy atom. The molecule has 0 saturated carbocycles. The summed E-state index contributed by atoms with van der Waals surface area (Å²) >= 11 is 0. The van der Waals surface area contributed by atoms with E-state index in [1.165, 1.54) is 0 Å². The summed E-state index contributed by atoms with van der Waals surface area (Å²) in [5.41, 5.74) is 4.65. The second kappa shape index (κ2) is 1.56. The van der Waals surface area contributed by atoms with Crippen LogP contribution in [-0.4, -0.2) is 17.7 Å². The normalized spacial score (nSPS) is 28.4. The summed E-state index contributed by atoms with van der Waals surface area (Å²) < 4.78 is 0. The lowest BCUT2D eigenvalue weighted by molar-refractivity contribution is -0.135. The van der Waals surface area contributed by atoms with Gasteiger partial charge in [0.05, 0.1) is 6.04 Å². The first kappa shape index (κ1) is 5.24. The van der Waals surface area contributed by atoms with E-state index in [2.05, 4.69) is 10.9 Å². The molecule has 1 saturated heterocycles. The van der Waals surface area contributed by atoms with Crippen LogP contribution in [0.3, 0.4) is 0 Å². The second-order valence-corrected chi connectivity index (χ2v) is 1.68. The van der Waals surface area contributed by atoms with Crippen molar-refractivity contribution in [1.82, 2.24) is 10.9 Å². The highest BCUT2D eigenvalue weighted by Gasteiger charge is 2.27. The van der Waals surface area contributed by atoms with E-state index in [4.69, 9.17) is 0 Å². The molecule has 44 valence electrons. The van der Waals surface area contributed by atoms with Crippen molar-refractivity contribution in [2.24, 2.45) is 0 Å². The van der Waals surface area contributed by atoms with E-state index in [1.807, 2.05) is 0 Å². The van der Waals surface area contributed by atoms with Crippen LogP contribution in [0.25, 0.3) is 0 Å². The predicted molar refractivity (Wildman–Crippen MR) is 25.7 cm³/mol. The SMILES string of the molecule is CC1NNC(=O)C1=O. The third-order valence-corrected chi connectivity index (χ3v) is 1.02. The molecule has 0 aromatic heterocycles. The molecule has 1 amide bonds. The molecular weight excluding hydrogens is 108 g/mol. The van der Waals surface area contributed by atoms with Crippen molar-refractivity contribution in [1.29, 1.82) is 0 Å². The molecule has 0 bridgehead atoms. The van der Waals surface area contributed by atoms with E-state index < -0.39 is 11.7 Å². The summed E-state index contributed by atoms with van der Waals surface area (Å²) in [6.45, 7) is 1.63. The summed E-state index contributed by atoms with van der Waals surface area (Å²) in [7, 11) is 0. The Hall–Kier alpha value is -0.900. The van der Waals surface area contributed by atoms with E-state index >= 15 is 0 Å². The maximum Gasteiger partial charge on any atom is 0.303 e. The molecule has 4 nitrogen and oxygen atoms in total. The topological polar surface area (TPSA) is 58.2 Å². The average Bonchev–Trinajstić information content (AvgIpc) is 1.98. The zero-order valence-corrected chi connectivity index (χ0v) is 4.39. The Morgan fingerprint density at radius 2 is 2.12 bits per heavy atom. The van der Waals surface area contributed by atoms with E-state index in [-0.39, 0.29) is 6.04 Å². The minimum Gasteiger partial charge on any atom is -0.287 e. The molecule has 0 radical (unpaired) electrons. The highest BCUT2D eigenvalue weighted by molar-refractivity contribution is 6.39. The van der Waals surface area contributed by atoms with Gasteiger partial charge in [0.15, 0.2) is 0 Å². The number of rotatable bonds is 0. The van der Waals surface area contributed by atoms with Crippen molar-refractivity contribution in [3.05, 3.63) is 0 Å². The second-order valence-electron chi connectivity index (χ2n) is 1.68. The molecule has 4 heteroatoms. The fourth-order valence-corrected chi connectivity index (χ4v) is 0.498. The van der Waals surface area contributed by atoms with Crippen LogP contribution < -0.4 is 10.9 Å². The van der Waals surface area contributed by atoms with Crippen LogP contribution in [0.2, 0.25) is 0 Å². The van der Waals surface area contributed by atoms with Crippen molar-refractivity contribution in [2.45, 2.75) is 13.0 Å². The minimum atomic E-state index is -0.544. The number of amides is 1. The van der Waals surface area contributed by atoms with Crippen LogP contribution in [0.15, 0.2) is 0 Å². The number of carbonyl (C=O) groups is 2. The Morgan fingerprint density at radius 1 is 1.50 bits per heavy atom. The highest BCUT2D eigenvalue weighted by atomic mass is 16.2. The maximum atomic E-state index is 10.4. The van der Waals surface area contributed by atoms with Gasteiger partial charge in [-0.1, -0.05) is 0 Å². The lowest BCUT2D eigenvalue weighted by Crippen LogP contribution is -2.29. The number of carbonyl (C=O) groups excluding carboxylic acids is 2. The van der Waals surface area contributed by atoms with Crippen molar-refractivity contribution < 1.29 is 9.59 Å². The third kappa shape index (κ3) is 0.586. The van der Waals surface area contributed by atoms with Crippen LogP contribution in [0.4, 0.5) is 0 Å². The smallest absolute Gasteiger partial charge is 0.287 e. The lowest BCUT2D eigenvalue weighted by Gasteiger charge is -1.91. The maximum absolute atomic E-state index is 10.4. The van der Waals surface area contributed by atoms with Crippen LogP contribution in [-0.2, 0) is 9.59 Å². The van der Waals surface area contributed by atoms with E-state index in [0.29, 0.717) is 0 Å². The number of ketones is 1. The first-order chi connectivity index (χ1) is 3.72. The van der Waals surface area contributed by atoms with Gasteiger partial charge in [-0.05, 0) is 6.92 Å². The zero-order valence-electron chi connectivity index (χ0n) is 4.39. The molecule has 2 N–H and O–H groups in total. The molecule has 0 aromatic carbocycles. The molecule has 1 fully saturated rings. The van der Waals surface area contributed by atoms with Gasteiger partial charge in [-0.15, -0.1) is 0 Å². The fraction of sp³-hybridized carbons (Fsp3) is 0.500. The molecule has 8 heavy (non-hydrogen) atoms. The van der Waals surface area contributed by atoms with Crippen LogP contribution in [0, 0.1) is 0 Å². The number of Topliss-reactive ketones (excluding diaryl/α,β-unsaturated/α-hetero) is 1. The van der Waals surface area contributed by atoms with Gasteiger partial charge in [0.1, 0.15) is 0 Å². The summed E-state index contributed by atoms with van der Waals surface area (Å²) in [5.74, 6) is -0.942. The van der Waals surface area contributed by atoms with Gasteiger partial charge >= 0.3 is 5.91 Å². The molecular formula is C4H6N2O2. The number of hydrogen-bond acceptors (Lipinski definition) is 3. The Bertz CT molecular complexity index is 143. The molecule has 1 rings (SSSR count). The summed E-state index contributed by atoms with van der Waals surface area (Å²) in [4.78, 5) is 20.7. The molecule has 1 heterocycles. The van der Waals surface area contributed by atoms with Gasteiger partial charge in [-0.3, -0.25) is 15.0 Å². The van der Waals surface area contributed by atoms with Crippen LogP contribution in [0.5, 0.6) is 0 Å². The monoisotopic (exact) mass is 114 g/mol. The lowest BCUT2D eigenvalue weighted by atomic mass is 10.2. The van der Waals surface area contributed by atoms with Crippen molar-refractivity contribution in [3.8, 4) is 0 Å². The van der Waals surface area contributed by atoms with E-state index in [0.717, 1.165) is 0 Å². The van der Waals surface area contributed by atoms with E-state index in [1.54, 1.807) is 6.92 Å². The highest BCUT2D eigenvalue weighted by Crippen LogP contribution is 1.88. The molecule has 1 unspecified atom stereocenters. The number of nitrogens with one attached hydrogen (secondary N) is 2. The van der Waals surface area contributed by atoms with Crippen molar-refractivity contribution in [2.75, 3.05) is 0 Å². The number of hydrazine groups is 1. The van der Waals surface area contributed by atoms with Gasteiger partial charge in [0, 0.05) is 0 Å². The summed E-state index contributed by atoms with van der Waals surface area (Å²) in [6, 6.07) is -0.359. The summed E-state index contributed by atoms with van der Waals surface area (Å²) in [6.07, 6.45) is 0. The minimum absolute atomic E-state index is 0.359. The van der Waals surface area contributed by atoms with Crippen LogP contribution >= 0.6 is 0 Å². The van der Waals surface area contributed by atoms with E-state index in [9.17, 15) is 9.59 Å². The zero-order chi connectivity index (χ0) is 6.15. The average molecular weight is 114 g/mol. The quantitative estimate of drug-likeness (QED) is 0.380. The molecule has 1 aliphatic heterocycles. The fourth-order valence-electron chi connectivity index (χ4n) is 0.498. The molecule has 0 aliphatic carbocycles. The predicted octanol–water partition coefficient (Wildman–Crippen LogP) is -1.42. The third-order valence-electron chi connectivity index (χ3n) is 1.02. The van der Waals surface area contributed by atoms with Crippen molar-refractivity contribution in [3.63, 3.8) is 0 Å². The Kier molecular flexibility index (Phi) is 1.02. The largest absolute Gasteiger partial charge is 0.303 e. The van der Waals surface area contributed by atoms with Gasteiger partial charge in [0.25, 0.3) is 0 Å².